The van der Waals surface area contributed by atoms with Crippen molar-refractivity contribution in [2.45, 2.75) is 38.9 Å². The van der Waals surface area contributed by atoms with Gasteiger partial charge in [0.1, 0.15) is 0 Å². The zero-order valence-electron chi connectivity index (χ0n) is 13.0. The third-order valence-corrected chi connectivity index (χ3v) is 3.10. The van der Waals surface area contributed by atoms with Crippen LogP contribution in [-0.2, 0) is 4.74 Å². The summed E-state index contributed by atoms with van der Waals surface area (Å²) in [6.45, 7) is 15.1. The second-order valence-corrected chi connectivity index (χ2v) is 6.89. The highest BCUT2D eigenvalue weighted by Gasteiger charge is 2.37. The summed E-state index contributed by atoms with van der Waals surface area (Å²) >= 11 is 0. The molecule has 0 radical (unpaired) electrons. The lowest BCUT2D eigenvalue weighted by Gasteiger charge is -2.47. The molecule has 1 aliphatic heterocycles. The van der Waals surface area contributed by atoms with Crippen molar-refractivity contribution in [1.29, 1.82) is 0 Å². The van der Waals surface area contributed by atoms with Gasteiger partial charge in [-0.25, -0.2) is 0 Å². The number of nitrogens with zero attached hydrogens (tertiary/aromatic N) is 2. The van der Waals surface area contributed by atoms with Crippen LogP contribution in [0, 0.1) is 0 Å². The van der Waals surface area contributed by atoms with Gasteiger partial charge in [0.05, 0.1) is 11.2 Å². The first-order valence-electron chi connectivity index (χ1n) is 6.98. The van der Waals surface area contributed by atoms with E-state index in [1.807, 2.05) is 0 Å². The van der Waals surface area contributed by atoms with Crippen LogP contribution in [0.5, 0.6) is 0 Å². The Morgan fingerprint density at radius 2 is 1.61 bits per heavy atom. The number of hydrogen-bond acceptors (Lipinski definition) is 4. The lowest BCUT2D eigenvalue weighted by Crippen LogP contribution is -2.58. The fraction of sp³-hybridized carbons (Fsp3) is 1.00. The summed E-state index contributed by atoms with van der Waals surface area (Å²) in [5, 5.41) is 3.49. The van der Waals surface area contributed by atoms with Crippen molar-refractivity contribution in [3.8, 4) is 0 Å². The molecule has 1 heterocycles. The Bertz CT molecular complexity index is 235. The van der Waals surface area contributed by atoms with E-state index < -0.39 is 0 Å². The number of rotatable bonds is 6. The molecule has 1 fully saturated rings. The van der Waals surface area contributed by atoms with Crippen LogP contribution in [0.3, 0.4) is 0 Å². The summed E-state index contributed by atoms with van der Waals surface area (Å²) in [5.41, 5.74) is -0.0726. The SMILES string of the molecule is CN(C)CCNCCN1CC(C)(C)OC(C)(C)C1. The molecule has 4 nitrogen and oxygen atoms in total. The van der Waals surface area contributed by atoms with Gasteiger partial charge in [-0.1, -0.05) is 0 Å². The minimum atomic E-state index is -0.0363. The second-order valence-electron chi connectivity index (χ2n) is 6.89. The fourth-order valence-electron chi connectivity index (χ4n) is 2.77. The molecule has 1 N–H and O–H groups in total. The summed E-state index contributed by atoms with van der Waals surface area (Å²) < 4.78 is 6.08. The zero-order valence-corrected chi connectivity index (χ0v) is 13.0. The van der Waals surface area contributed by atoms with Gasteiger partial charge in [-0.15, -0.1) is 0 Å². The molecule has 0 amide bonds. The monoisotopic (exact) mass is 257 g/mol. The predicted molar refractivity (Wildman–Crippen MR) is 77.1 cm³/mol. The van der Waals surface area contributed by atoms with Crippen LogP contribution in [0.25, 0.3) is 0 Å². The normalized spacial score (nSPS) is 23.5. The molecule has 0 aliphatic carbocycles. The first-order valence-corrected chi connectivity index (χ1v) is 6.98. The Hall–Kier alpha value is -0.160. The van der Waals surface area contributed by atoms with Crippen LogP contribution in [0.4, 0.5) is 0 Å². The smallest absolute Gasteiger partial charge is 0.0760 e. The Morgan fingerprint density at radius 1 is 1.06 bits per heavy atom. The van der Waals surface area contributed by atoms with E-state index in [0.717, 1.165) is 39.3 Å². The van der Waals surface area contributed by atoms with Crippen LogP contribution in [-0.4, -0.2) is 74.4 Å². The topological polar surface area (TPSA) is 27.7 Å². The molecule has 1 aliphatic rings. The molecule has 0 bridgehead atoms. The van der Waals surface area contributed by atoms with Gasteiger partial charge in [-0.05, 0) is 41.8 Å². The van der Waals surface area contributed by atoms with E-state index in [0.29, 0.717) is 0 Å². The third kappa shape index (κ3) is 6.14. The molecule has 0 atom stereocenters. The van der Waals surface area contributed by atoms with Gasteiger partial charge < -0.3 is 15.0 Å². The number of ether oxygens (including phenoxy) is 1. The molecular formula is C14H31N3O. The Morgan fingerprint density at radius 3 is 2.11 bits per heavy atom. The standard InChI is InChI=1S/C14H31N3O/c1-13(2)11-17(12-14(3,4)18-13)10-8-15-7-9-16(5)6/h15H,7-12H2,1-6H3. The van der Waals surface area contributed by atoms with Crippen LogP contribution >= 0.6 is 0 Å². The maximum atomic E-state index is 6.08. The van der Waals surface area contributed by atoms with Crippen molar-refractivity contribution in [3.05, 3.63) is 0 Å². The highest BCUT2D eigenvalue weighted by molar-refractivity contribution is 4.89. The highest BCUT2D eigenvalue weighted by Crippen LogP contribution is 2.27. The lowest BCUT2D eigenvalue weighted by atomic mass is 9.99. The van der Waals surface area contributed by atoms with Crippen LogP contribution in [0.1, 0.15) is 27.7 Å². The van der Waals surface area contributed by atoms with Gasteiger partial charge in [-0.2, -0.15) is 0 Å². The number of hydrogen-bond donors (Lipinski definition) is 1. The van der Waals surface area contributed by atoms with E-state index in [-0.39, 0.29) is 11.2 Å². The zero-order chi connectivity index (χ0) is 13.8. The molecule has 0 aromatic rings. The van der Waals surface area contributed by atoms with Gasteiger partial charge in [0.2, 0.25) is 0 Å². The van der Waals surface area contributed by atoms with E-state index in [9.17, 15) is 0 Å². The Balaban J connectivity index is 2.25. The largest absolute Gasteiger partial charge is 0.367 e. The molecule has 0 saturated carbocycles. The molecule has 18 heavy (non-hydrogen) atoms. The van der Waals surface area contributed by atoms with Crippen molar-refractivity contribution < 1.29 is 4.74 Å². The molecule has 4 heteroatoms. The molecule has 1 saturated heterocycles. The van der Waals surface area contributed by atoms with Crippen molar-refractivity contribution in [1.82, 2.24) is 15.1 Å². The number of morpholine rings is 1. The van der Waals surface area contributed by atoms with Crippen molar-refractivity contribution in [3.63, 3.8) is 0 Å². The van der Waals surface area contributed by atoms with E-state index in [4.69, 9.17) is 4.74 Å². The van der Waals surface area contributed by atoms with Gasteiger partial charge >= 0.3 is 0 Å². The van der Waals surface area contributed by atoms with Crippen molar-refractivity contribution in [2.75, 3.05) is 53.4 Å². The van der Waals surface area contributed by atoms with Crippen molar-refractivity contribution >= 4 is 0 Å². The number of nitrogens with one attached hydrogen (secondary N) is 1. The van der Waals surface area contributed by atoms with E-state index in [1.165, 1.54) is 0 Å². The molecule has 0 aromatic heterocycles. The molecule has 0 unspecified atom stereocenters. The summed E-state index contributed by atoms with van der Waals surface area (Å²) in [5.74, 6) is 0. The summed E-state index contributed by atoms with van der Waals surface area (Å²) in [4.78, 5) is 4.71. The molecule has 108 valence electrons. The molecule has 0 spiro atoms. The quantitative estimate of drug-likeness (QED) is 0.719. The van der Waals surface area contributed by atoms with Crippen LogP contribution < -0.4 is 5.32 Å². The Labute approximate surface area is 113 Å². The molecule has 1 rings (SSSR count). The van der Waals surface area contributed by atoms with Crippen LogP contribution in [0.2, 0.25) is 0 Å². The van der Waals surface area contributed by atoms with Gasteiger partial charge in [0.25, 0.3) is 0 Å². The highest BCUT2D eigenvalue weighted by atomic mass is 16.5. The second kappa shape index (κ2) is 6.33. The Kier molecular flexibility index (Phi) is 5.59. The van der Waals surface area contributed by atoms with Gasteiger partial charge in [-0.3, -0.25) is 4.90 Å². The van der Waals surface area contributed by atoms with Crippen molar-refractivity contribution in [2.24, 2.45) is 0 Å². The lowest BCUT2D eigenvalue weighted by molar-refractivity contribution is -0.180. The fourth-order valence-corrected chi connectivity index (χ4v) is 2.77. The molecular weight excluding hydrogens is 226 g/mol. The number of likely N-dealkylation sites (N-methyl/N-ethyl adjacent to an activating group) is 1. The maximum absolute atomic E-state index is 6.08. The minimum Gasteiger partial charge on any atom is -0.367 e. The third-order valence-electron chi connectivity index (χ3n) is 3.10. The van der Waals surface area contributed by atoms with Crippen LogP contribution in [0.15, 0.2) is 0 Å². The first-order chi connectivity index (χ1) is 8.20. The minimum absolute atomic E-state index is 0.0363. The molecule has 0 aromatic carbocycles. The predicted octanol–water partition coefficient (Wildman–Crippen LogP) is 1.03. The van der Waals surface area contributed by atoms with E-state index >= 15 is 0 Å². The summed E-state index contributed by atoms with van der Waals surface area (Å²) in [7, 11) is 4.21. The van der Waals surface area contributed by atoms with E-state index in [2.05, 4.69) is 56.9 Å². The van der Waals surface area contributed by atoms with E-state index in [1.54, 1.807) is 0 Å². The summed E-state index contributed by atoms with van der Waals surface area (Å²) in [6.07, 6.45) is 0. The average Bonchev–Trinajstić information content (AvgIpc) is 2.11. The summed E-state index contributed by atoms with van der Waals surface area (Å²) in [6, 6.07) is 0. The first kappa shape index (κ1) is 15.9. The van der Waals surface area contributed by atoms with Gasteiger partial charge in [0, 0.05) is 39.3 Å². The van der Waals surface area contributed by atoms with Gasteiger partial charge in [0.15, 0.2) is 0 Å². The average molecular weight is 257 g/mol. The maximum Gasteiger partial charge on any atom is 0.0760 e.